The number of benzene rings is 2. The maximum absolute atomic E-state index is 12.2. The lowest BCUT2D eigenvalue weighted by Gasteiger charge is -2.05. The van der Waals surface area contributed by atoms with Crippen LogP contribution in [-0.2, 0) is 9.59 Å². The molecule has 0 saturated carbocycles. The first-order chi connectivity index (χ1) is 18.2. The second-order valence-electron chi connectivity index (χ2n) is 9.23. The molecule has 0 bridgehead atoms. The molecule has 1 aromatic heterocycles. The standard InChI is InChI=1S/C30H39N5O2/c1-2-3-4-5-6-7-8-9-16-21-28(36)31-23-29(37)33-32-22-26-24-35(27-19-14-11-15-20-27)34-30(26)25-17-12-10-13-18-25/h10-15,17-20,22,24H,2-9,16,21,23H2,1H3,(H,31,36)(H,33,37)/b32-22-. The van der Waals surface area contributed by atoms with Crippen LogP contribution in [0.1, 0.15) is 76.7 Å². The van der Waals surface area contributed by atoms with Crippen molar-refractivity contribution in [2.24, 2.45) is 5.10 Å². The van der Waals surface area contributed by atoms with Gasteiger partial charge in [0.25, 0.3) is 5.91 Å². The second-order valence-corrected chi connectivity index (χ2v) is 9.23. The first-order valence-electron chi connectivity index (χ1n) is 13.5. The van der Waals surface area contributed by atoms with Crippen LogP contribution in [0.5, 0.6) is 0 Å². The van der Waals surface area contributed by atoms with E-state index in [1.165, 1.54) is 44.9 Å². The third-order valence-corrected chi connectivity index (χ3v) is 6.16. The van der Waals surface area contributed by atoms with E-state index in [0.717, 1.165) is 35.3 Å². The Labute approximate surface area is 220 Å². The topological polar surface area (TPSA) is 88.4 Å². The summed E-state index contributed by atoms with van der Waals surface area (Å²) in [6.07, 6.45) is 14.7. The average molecular weight is 502 g/mol. The highest BCUT2D eigenvalue weighted by atomic mass is 16.2. The van der Waals surface area contributed by atoms with Gasteiger partial charge in [0.15, 0.2) is 0 Å². The summed E-state index contributed by atoms with van der Waals surface area (Å²) in [5.41, 5.74) is 5.91. The molecule has 7 nitrogen and oxygen atoms in total. The van der Waals surface area contributed by atoms with Gasteiger partial charge in [0.1, 0.15) is 5.69 Å². The lowest BCUT2D eigenvalue weighted by Crippen LogP contribution is -2.34. The Balaban J connectivity index is 1.42. The van der Waals surface area contributed by atoms with Crippen LogP contribution in [0, 0.1) is 0 Å². The van der Waals surface area contributed by atoms with Gasteiger partial charge in [-0.05, 0) is 18.6 Å². The number of amides is 2. The normalized spacial score (nSPS) is 11.1. The molecule has 0 saturated heterocycles. The van der Waals surface area contributed by atoms with Gasteiger partial charge in [-0.2, -0.15) is 10.2 Å². The number of hydrazone groups is 1. The molecule has 0 spiro atoms. The number of nitrogens with one attached hydrogen (secondary N) is 2. The van der Waals surface area contributed by atoms with E-state index in [2.05, 4.69) is 22.8 Å². The fourth-order valence-corrected chi connectivity index (χ4v) is 4.09. The number of hydrogen-bond donors (Lipinski definition) is 2. The number of para-hydroxylation sites is 1. The van der Waals surface area contributed by atoms with Crippen LogP contribution in [0.3, 0.4) is 0 Å². The summed E-state index contributed by atoms with van der Waals surface area (Å²) in [6, 6.07) is 19.6. The number of nitrogens with zero attached hydrogens (tertiary/aromatic N) is 3. The third-order valence-electron chi connectivity index (χ3n) is 6.16. The number of unbranched alkanes of at least 4 members (excludes halogenated alkanes) is 8. The lowest BCUT2D eigenvalue weighted by atomic mass is 10.1. The minimum Gasteiger partial charge on any atom is -0.347 e. The first-order valence-corrected chi connectivity index (χ1v) is 13.5. The molecule has 2 amide bonds. The molecule has 1 heterocycles. The smallest absolute Gasteiger partial charge is 0.259 e. The summed E-state index contributed by atoms with van der Waals surface area (Å²) in [5.74, 6) is -0.467. The Morgan fingerprint density at radius 1 is 0.838 bits per heavy atom. The van der Waals surface area contributed by atoms with E-state index in [-0.39, 0.29) is 18.4 Å². The lowest BCUT2D eigenvalue weighted by molar-refractivity contribution is -0.126. The van der Waals surface area contributed by atoms with Crippen molar-refractivity contribution in [2.45, 2.75) is 71.1 Å². The molecule has 0 aliphatic carbocycles. The molecule has 2 N–H and O–H groups in total. The van der Waals surface area contributed by atoms with Crippen LogP contribution in [0.2, 0.25) is 0 Å². The van der Waals surface area contributed by atoms with Gasteiger partial charge in [-0.1, -0.05) is 107 Å². The van der Waals surface area contributed by atoms with E-state index in [1.807, 2.05) is 66.9 Å². The van der Waals surface area contributed by atoms with Crippen LogP contribution in [-0.4, -0.2) is 34.4 Å². The Hall–Kier alpha value is -3.74. The highest BCUT2D eigenvalue weighted by molar-refractivity contribution is 5.90. The van der Waals surface area contributed by atoms with Crippen LogP contribution in [0.15, 0.2) is 72.0 Å². The van der Waals surface area contributed by atoms with Crippen molar-refractivity contribution in [3.8, 4) is 16.9 Å². The zero-order chi connectivity index (χ0) is 26.1. The van der Waals surface area contributed by atoms with Gasteiger partial charge < -0.3 is 5.32 Å². The Morgan fingerprint density at radius 3 is 2.14 bits per heavy atom. The number of carbonyl (C=O) groups excluding carboxylic acids is 2. The molecule has 0 aliphatic heterocycles. The second kappa shape index (κ2) is 16.1. The summed E-state index contributed by atoms with van der Waals surface area (Å²) in [4.78, 5) is 24.2. The molecule has 37 heavy (non-hydrogen) atoms. The van der Waals surface area contributed by atoms with Gasteiger partial charge >= 0.3 is 0 Å². The summed E-state index contributed by atoms with van der Waals surface area (Å²) in [5, 5.41) is 11.5. The summed E-state index contributed by atoms with van der Waals surface area (Å²) >= 11 is 0. The largest absolute Gasteiger partial charge is 0.347 e. The molecule has 0 unspecified atom stereocenters. The summed E-state index contributed by atoms with van der Waals surface area (Å²) in [7, 11) is 0. The predicted molar refractivity (Wildman–Crippen MR) is 150 cm³/mol. The molecule has 0 fully saturated rings. The van der Waals surface area contributed by atoms with Crippen LogP contribution in [0.25, 0.3) is 16.9 Å². The Kier molecular flexibility index (Phi) is 12.1. The molecular weight excluding hydrogens is 462 g/mol. The molecule has 0 radical (unpaired) electrons. The van der Waals surface area contributed by atoms with Gasteiger partial charge in [0.2, 0.25) is 5.91 Å². The van der Waals surface area contributed by atoms with E-state index in [0.29, 0.717) is 6.42 Å². The van der Waals surface area contributed by atoms with Crippen LogP contribution < -0.4 is 10.7 Å². The van der Waals surface area contributed by atoms with E-state index in [1.54, 1.807) is 10.9 Å². The number of carbonyl (C=O) groups is 2. The van der Waals surface area contributed by atoms with Crippen molar-refractivity contribution in [3.05, 3.63) is 72.4 Å². The van der Waals surface area contributed by atoms with Crippen LogP contribution >= 0.6 is 0 Å². The summed E-state index contributed by atoms with van der Waals surface area (Å²) in [6.45, 7) is 2.13. The summed E-state index contributed by atoms with van der Waals surface area (Å²) < 4.78 is 1.79. The van der Waals surface area contributed by atoms with E-state index < -0.39 is 0 Å². The molecule has 3 aromatic rings. The van der Waals surface area contributed by atoms with Gasteiger partial charge in [-0.25, -0.2) is 10.1 Å². The number of rotatable bonds is 16. The van der Waals surface area contributed by atoms with Gasteiger partial charge in [0.05, 0.1) is 18.4 Å². The zero-order valence-electron chi connectivity index (χ0n) is 21.9. The molecular formula is C30H39N5O2. The van der Waals surface area contributed by atoms with Gasteiger partial charge in [-0.15, -0.1) is 0 Å². The van der Waals surface area contributed by atoms with Crippen LogP contribution in [0.4, 0.5) is 0 Å². The minimum absolute atomic E-state index is 0.0948. The number of hydrogen-bond acceptors (Lipinski definition) is 4. The monoisotopic (exact) mass is 501 g/mol. The maximum atomic E-state index is 12.2. The van der Waals surface area contributed by atoms with E-state index in [4.69, 9.17) is 5.10 Å². The van der Waals surface area contributed by atoms with Crippen molar-refractivity contribution in [1.82, 2.24) is 20.5 Å². The average Bonchev–Trinajstić information content (AvgIpc) is 3.36. The molecule has 0 atom stereocenters. The van der Waals surface area contributed by atoms with Gasteiger partial charge in [-0.3, -0.25) is 9.59 Å². The van der Waals surface area contributed by atoms with Crippen molar-refractivity contribution in [3.63, 3.8) is 0 Å². The van der Waals surface area contributed by atoms with Crippen molar-refractivity contribution in [2.75, 3.05) is 6.54 Å². The van der Waals surface area contributed by atoms with Crippen molar-refractivity contribution in [1.29, 1.82) is 0 Å². The Morgan fingerprint density at radius 2 is 1.46 bits per heavy atom. The molecule has 3 rings (SSSR count). The molecule has 196 valence electrons. The highest BCUT2D eigenvalue weighted by Gasteiger charge is 2.11. The third kappa shape index (κ3) is 10.0. The molecule has 2 aromatic carbocycles. The van der Waals surface area contributed by atoms with Gasteiger partial charge in [0, 0.05) is 23.7 Å². The van der Waals surface area contributed by atoms with Crippen molar-refractivity contribution < 1.29 is 9.59 Å². The first kappa shape index (κ1) is 27.8. The van der Waals surface area contributed by atoms with E-state index in [9.17, 15) is 9.59 Å². The maximum Gasteiger partial charge on any atom is 0.259 e. The highest BCUT2D eigenvalue weighted by Crippen LogP contribution is 2.22. The quantitative estimate of drug-likeness (QED) is 0.143. The number of aromatic nitrogens is 2. The molecule has 0 aliphatic rings. The van der Waals surface area contributed by atoms with E-state index >= 15 is 0 Å². The van der Waals surface area contributed by atoms with Crippen molar-refractivity contribution >= 4 is 18.0 Å². The SMILES string of the molecule is CCCCCCCCCCCC(=O)NCC(=O)N/N=C\c1cn(-c2ccccc2)nc1-c1ccccc1. The predicted octanol–water partition coefficient (Wildman–Crippen LogP) is 6.03. The Bertz CT molecular complexity index is 1110. The fourth-order valence-electron chi connectivity index (χ4n) is 4.09. The fraction of sp³-hybridized carbons (Fsp3) is 0.400. The molecule has 7 heteroatoms. The zero-order valence-corrected chi connectivity index (χ0v) is 21.9. The minimum atomic E-state index is -0.367.